The highest BCUT2D eigenvalue weighted by molar-refractivity contribution is 5.93. The maximum absolute atomic E-state index is 11.3. The maximum Gasteiger partial charge on any atom is 0.265 e. The van der Waals surface area contributed by atoms with Crippen LogP contribution in [-0.2, 0) is 4.74 Å². The highest BCUT2D eigenvalue weighted by Gasteiger charge is 2.08. The van der Waals surface area contributed by atoms with E-state index in [0.717, 1.165) is 12.3 Å². The average molecular weight is 281 g/mol. The van der Waals surface area contributed by atoms with Gasteiger partial charge in [0.15, 0.2) is 0 Å². The van der Waals surface area contributed by atoms with E-state index in [1.54, 1.807) is 31.4 Å². The van der Waals surface area contributed by atoms with Gasteiger partial charge in [-0.3, -0.25) is 15.1 Å². The molecule has 3 N–H and O–H groups in total. The summed E-state index contributed by atoms with van der Waals surface area (Å²) in [5.41, 5.74) is 2.59. The molecule has 0 bridgehead atoms. The van der Waals surface area contributed by atoms with Crippen LogP contribution in [0, 0.1) is 0 Å². The van der Waals surface area contributed by atoms with Crippen molar-refractivity contribution in [3.8, 4) is 5.75 Å². The first kappa shape index (κ1) is 16.4. The number of carbonyl (C=O) groups is 1. The topological polar surface area (TPSA) is 76.8 Å². The minimum atomic E-state index is -0.315. The van der Waals surface area contributed by atoms with Crippen molar-refractivity contribution in [2.24, 2.45) is 5.84 Å². The molecule has 1 rings (SSSR count). The van der Waals surface area contributed by atoms with Gasteiger partial charge in [-0.25, -0.2) is 5.84 Å². The number of hydrazine groups is 1. The molecule has 1 unspecified atom stereocenters. The molecular weight excluding hydrogens is 258 g/mol. The summed E-state index contributed by atoms with van der Waals surface area (Å²) >= 11 is 0. The molecule has 1 aromatic rings. The molecule has 0 saturated heterocycles. The molecule has 0 aliphatic carbocycles. The summed E-state index contributed by atoms with van der Waals surface area (Å²) in [6.07, 6.45) is 0. The van der Waals surface area contributed by atoms with Gasteiger partial charge >= 0.3 is 0 Å². The predicted molar refractivity (Wildman–Crippen MR) is 77.6 cm³/mol. The van der Waals surface area contributed by atoms with Crippen LogP contribution in [0.3, 0.4) is 0 Å². The van der Waals surface area contributed by atoms with E-state index in [2.05, 4.69) is 17.2 Å². The first-order valence-electron chi connectivity index (χ1n) is 6.51. The third kappa shape index (κ3) is 5.16. The number of likely N-dealkylation sites (N-methyl/N-ethyl adjacent to an activating group) is 1. The van der Waals surface area contributed by atoms with E-state index in [9.17, 15) is 4.79 Å². The lowest BCUT2D eigenvalue weighted by Crippen LogP contribution is -2.35. The van der Waals surface area contributed by atoms with Gasteiger partial charge in [-0.2, -0.15) is 0 Å². The van der Waals surface area contributed by atoms with E-state index in [-0.39, 0.29) is 5.91 Å². The summed E-state index contributed by atoms with van der Waals surface area (Å²) < 4.78 is 10.7. The first-order valence-corrected chi connectivity index (χ1v) is 6.51. The zero-order valence-corrected chi connectivity index (χ0v) is 12.3. The largest absolute Gasteiger partial charge is 0.492 e. The Kier molecular flexibility index (Phi) is 7.00. The van der Waals surface area contributed by atoms with Gasteiger partial charge in [0.1, 0.15) is 12.4 Å². The molecule has 1 atom stereocenters. The smallest absolute Gasteiger partial charge is 0.265 e. The number of hydrogen-bond donors (Lipinski definition) is 2. The number of nitrogen functional groups attached to an aromatic ring is 1. The number of benzene rings is 1. The third-order valence-corrected chi connectivity index (χ3v) is 3.12. The lowest BCUT2D eigenvalue weighted by atomic mass is 10.2. The highest BCUT2D eigenvalue weighted by atomic mass is 16.5. The van der Waals surface area contributed by atoms with Crippen molar-refractivity contribution in [3.63, 3.8) is 0 Å². The van der Waals surface area contributed by atoms with Gasteiger partial charge in [0.2, 0.25) is 0 Å². The number of ether oxygens (including phenoxy) is 2. The number of nitrogens with two attached hydrogens (primary N) is 1. The number of nitrogens with one attached hydrogen (secondary N) is 1. The Hall–Kier alpha value is -1.63. The minimum Gasteiger partial charge on any atom is -0.492 e. The Bertz CT molecular complexity index is 409. The molecule has 1 amide bonds. The van der Waals surface area contributed by atoms with Gasteiger partial charge in [-0.1, -0.05) is 0 Å². The first-order chi connectivity index (χ1) is 9.58. The molecule has 112 valence electrons. The van der Waals surface area contributed by atoms with Crippen LogP contribution in [-0.4, -0.2) is 50.8 Å². The molecule has 0 fully saturated rings. The van der Waals surface area contributed by atoms with Crippen LogP contribution in [0.5, 0.6) is 5.75 Å². The molecule has 0 aliphatic rings. The van der Waals surface area contributed by atoms with Crippen molar-refractivity contribution in [1.29, 1.82) is 0 Å². The number of nitrogens with zero attached hydrogens (tertiary/aromatic N) is 1. The van der Waals surface area contributed by atoms with Crippen molar-refractivity contribution >= 4 is 5.91 Å². The Morgan fingerprint density at radius 2 is 2.05 bits per heavy atom. The monoisotopic (exact) mass is 281 g/mol. The highest BCUT2D eigenvalue weighted by Crippen LogP contribution is 2.12. The van der Waals surface area contributed by atoms with E-state index in [1.807, 2.05) is 7.05 Å². The quantitative estimate of drug-likeness (QED) is 0.415. The van der Waals surface area contributed by atoms with Crippen molar-refractivity contribution in [2.75, 3.05) is 33.9 Å². The summed E-state index contributed by atoms with van der Waals surface area (Å²) in [7, 11) is 3.72. The molecule has 20 heavy (non-hydrogen) atoms. The molecular formula is C14H23N3O3. The zero-order valence-electron chi connectivity index (χ0n) is 12.3. The molecule has 1 aromatic carbocycles. The van der Waals surface area contributed by atoms with Gasteiger partial charge in [0, 0.05) is 25.3 Å². The Labute approximate surface area is 119 Å². The van der Waals surface area contributed by atoms with Crippen LogP contribution in [0.15, 0.2) is 24.3 Å². The lowest BCUT2D eigenvalue weighted by molar-refractivity contribution is 0.0953. The fourth-order valence-electron chi connectivity index (χ4n) is 1.68. The lowest BCUT2D eigenvalue weighted by Gasteiger charge is -2.23. The predicted octanol–water partition coefficient (Wildman–Crippen LogP) is 0.636. The van der Waals surface area contributed by atoms with Crippen LogP contribution in [0.1, 0.15) is 17.3 Å². The van der Waals surface area contributed by atoms with Crippen LogP contribution in [0.2, 0.25) is 0 Å². The Morgan fingerprint density at radius 1 is 1.40 bits per heavy atom. The van der Waals surface area contributed by atoms with Gasteiger partial charge in [0.25, 0.3) is 5.91 Å². The van der Waals surface area contributed by atoms with Crippen molar-refractivity contribution in [2.45, 2.75) is 13.0 Å². The fourth-order valence-corrected chi connectivity index (χ4v) is 1.68. The summed E-state index contributed by atoms with van der Waals surface area (Å²) in [6.45, 7) is 4.17. The van der Waals surface area contributed by atoms with Crippen LogP contribution in [0.4, 0.5) is 0 Å². The molecule has 0 spiro atoms. The normalized spacial score (nSPS) is 12.2. The fraction of sp³-hybridized carbons (Fsp3) is 0.500. The Morgan fingerprint density at radius 3 is 2.60 bits per heavy atom. The van der Waals surface area contributed by atoms with E-state index in [0.29, 0.717) is 24.8 Å². The van der Waals surface area contributed by atoms with Crippen molar-refractivity contribution < 1.29 is 14.3 Å². The summed E-state index contributed by atoms with van der Waals surface area (Å²) in [5, 5.41) is 0. The van der Waals surface area contributed by atoms with Crippen LogP contribution < -0.4 is 16.0 Å². The molecule has 6 heteroatoms. The molecule has 0 saturated carbocycles. The molecule has 0 heterocycles. The number of carbonyl (C=O) groups excluding carboxylic acids is 1. The average Bonchev–Trinajstić information content (AvgIpc) is 2.47. The van der Waals surface area contributed by atoms with Crippen molar-refractivity contribution in [1.82, 2.24) is 10.3 Å². The Balaban J connectivity index is 2.37. The van der Waals surface area contributed by atoms with E-state index < -0.39 is 0 Å². The number of hydrogen-bond acceptors (Lipinski definition) is 5. The molecule has 0 aliphatic heterocycles. The molecule has 6 nitrogen and oxygen atoms in total. The second kappa shape index (κ2) is 8.52. The SMILES string of the molecule is COCC(C)N(C)CCOc1ccc(C(=O)NN)cc1. The van der Waals surface area contributed by atoms with E-state index in [1.165, 1.54) is 0 Å². The third-order valence-electron chi connectivity index (χ3n) is 3.12. The van der Waals surface area contributed by atoms with Gasteiger partial charge < -0.3 is 9.47 Å². The van der Waals surface area contributed by atoms with Gasteiger partial charge in [-0.05, 0) is 38.2 Å². The van der Waals surface area contributed by atoms with Gasteiger partial charge in [0.05, 0.1) is 6.61 Å². The van der Waals surface area contributed by atoms with E-state index >= 15 is 0 Å². The molecule has 0 aromatic heterocycles. The van der Waals surface area contributed by atoms with Crippen LogP contribution in [0.25, 0.3) is 0 Å². The second-order valence-corrected chi connectivity index (χ2v) is 4.63. The van der Waals surface area contributed by atoms with Crippen molar-refractivity contribution in [3.05, 3.63) is 29.8 Å². The standard InChI is InChI=1S/C14H23N3O3/c1-11(10-19-3)17(2)8-9-20-13-6-4-12(5-7-13)14(18)16-15/h4-7,11H,8-10,15H2,1-3H3,(H,16,18). The second-order valence-electron chi connectivity index (χ2n) is 4.63. The van der Waals surface area contributed by atoms with Gasteiger partial charge in [-0.15, -0.1) is 0 Å². The zero-order chi connectivity index (χ0) is 15.0. The molecule has 0 radical (unpaired) electrons. The summed E-state index contributed by atoms with van der Waals surface area (Å²) in [4.78, 5) is 13.4. The number of amides is 1. The van der Waals surface area contributed by atoms with Crippen LogP contribution >= 0.6 is 0 Å². The summed E-state index contributed by atoms with van der Waals surface area (Å²) in [5.74, 6) is 5.48. The number of methoxy groups -OCH3 is 1. The summed E-state index contributed by atoms with van der Waals surface area (Å²) in [6, 6.07) is 7.20. The van der Waals surface area contributed by atoms with E-state index in [4.69, 9.17) is 15.3 Å². The maximum atomic E-state index is 11.3. The number of rotatable bonds is 8. The minimum absolute atomic E-state index is 0.315.